The van der Waals surface area contributed by atoms with Gasteiger partial charge in [0.2, 0.25) is 5.95 Å². The molecule has 0 spiro atoms. The summed E-state index contributed by atoms with van der Waals surface area (Å²) in [7, 11) is -4.30. The maximum atomic E-state index is 13.9. The van der Waals surface area contributed by atoms with Gasteiger partial charge in [-0.05, 0) is 68.4 Å². The first-order chi connectivity index (χ1) is 16.2. The highest BCUT2D eigenvalue weighted by Crippen LogP contribution is 2.23. The molecule has 0 bridgehead atoms. The number of rotatable bonds is 7. The second-order valence-electron chi connectivity index (χ2n) is 7.59. The molecule has 0 aliphatic heterocycles. The van der Waals surface area contributed by atoms with E-state index in [1.165, 1.54) is 12.1 Å². The normalized spacial score (nSPS) is 11.2. The molecule has 1 aromatic heterocycles. The first-order valence-electron chi connectivity index (χ1n) is 10.2. The van der Waals surface area contributed by atoms with Gasteiger partial charge in [-0.15, -0.1) is 0 Å². The van der Waals surface area contributed by atoms with E-state index in [-0.39, 0.29) is 5.69 Å². The van der Waals surface area contributed by atoms with Crippen LogP contribution in [-0.4, -0.2) is 18.4 Å². The van der Waals surface area contributed by atoms with E-state index in [9.17, 15) is 17.2 Å². The number of hydrogen-bond donors (Lipinski definition) is 3. The number of aromatic nitrogens is 2. The Morgan fingerprint density at radius 2 is 1.35 bits per heavy atom. The Morgan fingerprint density at radius 3 is 2.06 bits per heavy atom. The predicted octanol–water partition coefficient (Wildman–Crippen LogP) is 5.66. The van der Waals surface area contributed by atoms with Crippen molar-refractivity contribution in [3.63, 3.8) is 0 Å². The first-order valence-corrected chi connectivity index (χ1v) is 11.7. The molecule has 174 valence electrons. The largest absolute Gasteiger partial charge is 0.340 e. The van der Waals surface area contributed by atoms with Gasteiger partial charge in [0.1, 0.15) is 22.3 Å². The average Bonchev–Trinajstić information content (AvgIpc) is 2.78. The summed E-state index contributed by atoms with van der Waals surface area (Å²) < 4.78 is 54.4. The standard InChI is InChI=1S/C24H21F2N5O2S/c1-15-3-6-18(7-4-15)28-23-13-16(2)27-24(30-23)29-19-8-10-20(11-9-19)31-34(32,33)22-14-17(25)5-12-21(22)26/h3-14,31H,1-2H3,(H2,27,28,29,30). The predicted molar refractivity (Wildman–Crippen MR) is 128 cm³/mol. The number of sulfonamides is 1. The summed E-state index contributed by atoms with van der Waals surface area (Å²) in [6, 6.07) is 18.1. The summed E-state index contributed by atoms with van der Waals surface area (Å²) in [5.41, 5.74) is 3.57. The lowest BCUT2D eigenvalue weighted by atomic mass is 10.2. The SMILES string of the molecule is Cc1ccc(Nc2cc(C)nc(Nc3ccc(NS(=O)(=O)c4cc(F)ccc4F)cc3)n2)cc1. The molecule has 0 unspecified atom stereocenters. The highest BCUT2D eigenvalue weighted by Gasteiger charge is 2.20. The molecule has 0 atom stereocenters. The molecule has 0 radical (unpaired) electrons. The molecule has 4 aromatic rings. The van der Waals surface area contributed by atoms with Crippen LogP contribution >= 0.6 is 0 Å². The lowest BCUT2D eigenvalue weighted by molar-refractivity contribution is 0.555. The van der Waals surface area contributed by atoms with Gasteiger partial charge in [-0.25, -0.2) is 22.2 Å². The van der Waals surface area contributed by atoms with Gasteiger partial charge in [0.05, 0.1) is 0 Å². The molecule has 0 saturated carbocycles. The molecule has 0 aliphatic carbocycles. The van der Waals surface area contributed by atoms with Crippen molar-refractivity contribution < 1.29 is 17.2 Å². The Kier molecular flexibility index (Phi) is 6.42. The van der Waals surface area contributed by atoms with E-state index in [0.717, 1.165) is 29.1 Å². The molecule has 3 aromatic carbocycles. The van der Waals surface area contributed by atoms with Crippen LogP contribution in [0.5, 0.6) is 0 Å². The fourth-order valence-corrected chi connectivity index (χ4v) is 4.27. The van der Waals surface area contributed by atoms with Gasteiger partial charge in [-0.1, -0.05) is 17.7 Å². The molecular weight excluding hydrogens is 460 g/mol. The van der Waals surface area contributed by atoms with Crippen molar-refractivity contribution in [1.82, 2.24) is 9.97 Å². The van der Waals surface area contributed by atoms with Gasteiger partial charge in [0.25, 0.3) is 10.0 Å². The zero-order chi connectivity index (χ0) is 24.3. The van der Waals surface area contributed by atoms with E-state index in [2.05, 4.69) is 25.3 Å². The fraction of sp³-hybridized carbons (Fsp3) is 0.0833. The molecule has 4 rings (SSSR count). The molecular formula is C24H21F2N5O2S. The second-order valence-corrected chi connectivity index (χ2v) is 9.24. The van der Waals surface area contributed by atoms with Gasteiger partial charge < -0.3 is 10.6 Å². The quantitative estimate of drug-likeness (QED) is 0.315. The minimum atomic E-state index is -4.30. The molecule has 0 fully saturated rings. The van der Waals surface area contributed by atoms with Crippen molar-refractivity contribution in [3.05, 3.63) is 95.7 Å². The number of hydrogen-bond acceptors (Lipinski definition) is 6. The number of aryl methyl sites for hydroxylation is 2. The summed E-state index contributed by atoms with van der Waals surface area (Å²) >= 11 is 0. The lowest BCUT2D eigenvalue weighted by Gasteiger charge is -2.12. The molecule has 1 heterocycles. The van der Waals surface area contributed by atoms with Crippen molar-refractivity contribution in [3.8, 4) is 0 Å². The number of anilines is 5. The van der Waals surface area contributed by atoms with E-state index in [0.29, 0.717) is 23.5 Å². The van der Waals surface area contributed by atoms with Crippen LogP contribution in [-0.2, 0) is 10.0 Å². The van der Waals surface area contributed by atoms with Crippen LogP contribution in [0.25, 0.3) is 0 Å². The molecule has 0 aliphatic rings. The summed E-state index contributed by atoms with van der Waals surface area (Å²) in [5, 5.41) is 6.30. The third kappa shape index (κ3) is 5.65. The monoisotopic (exact) mass is 481 g/mol. The third-order valence-electron chi connectivity index (χ3n) is 4.75. The third-order valence-corrected chi connectivity index (χ3v) is 6.15. The highest BCUT2D eigenvalue weighted by atomic mass is 32.2. The van der Waals surface area contributed by atoms with E-state index in [1.807, 2.05) is 44.2 Å². The zero-order valence-corrected chi connectivity index (χ0v) is 19.1. The molecule has 10 heteroatoms. The molecule has 0 amide bonds. The van der Waals surface area contributed by atoms with E-state index >= 15 is 0 Å². The van der Waals surface area contributed by atoms with Crippen LogP contribution < -0.4 is 15.4 Å². The van der Waals surface area contributed by atoms with E-state index in [4.69, 9.17) is 0 Å². The first kappa shape index (κ1) is 23.1. The van der Waals surface area contributed by atoms with Gasteiger partial charge in [0.15, 0.2) is 0 Å². The minimum absolute atomic E-state index is 0.182. The summed E-state index contributed by atoms with van der Waals surface area (Å²) in [6.07, 6.45) is 0. The van der Waals surface area contributed by atoms with Crippen LogP contribution in [0.1, 0.15) is 11.3 Å². The Morgan fingerprint density at radius 1 is 0.735 bits per heavy atom. The summed E-state index contributed by atoms with van der Waals surface area (Å²) in [6.45, 7) is 3.85. The maximum Gasteiger partial charge on any atom is 0.264 e. The van der Waals surface area contributed by atoms with Crippen LogP contribution in [0.4, 0.5) is 37.6 Å². The van der Waals surface area contributed by atoms with Crippen LogP contribution in [0.2, 0.25) is 0 Å². The van der Waals surface area contributed by atoms with Crippen molar-refractivity contribution in [2.45, 2.75) is 18.7 Å². The van der Waals surface area contributed by atoms with Crippen molar-refractivity contribution in [2.24, 2.45) is 0 Å². The summed E-state index contributed by atoms with van der Waals surface area (Å²) in [5.74, 6) is -0.931. The topological polar surface area (TPSA) is 96.0 Å². The van der Waals surface area contributed by atoms with Gasteiger partial charge in [0, 0.05) is 28.8 Å². The van der Waals surface area contributed by atoms with E-state index < -0.39 is 26.6 Å². The van der Waals surface area contributed by atoms with E-state index in [1.54, 1.807) is 12.1 Å². The minimum Gasteiger partial charge on any atom is -0.340 e. The van der Waals surface area contributed by atoms with Crippen molar-refractivity contribution in [1.29, 1.82) is 0 Å². The smallest absolute Gasteiger partial charge is 0.264 e. The van der Waals surface area contributed by atoms with Crippen LogP contribution in [0, 0.1) is 25.5 Å². The molecule has 34 heavy (non-hydrogen) atoms. The van der Waals surface area contributed by atoms with Gasteiger partial charge in [-0.3, -0.25) is 4.72 Å². The van der Waals surface area contributed by atoms with Crippen molar-refractivity contribution in [2.75, 3.05) is 15.4 Å². The van der Waals surface area contributed by atoms with Crippen molar-refractivity contribution >= 4 is 38.9 Å². The number of nitrogens with one attached hydrogen (secondary N) is 3. The average molecular weight is 482 g/mol. The molecule has 3 N–H and O–H groups in total. The lowest BCUT2D eigenvalue weighted by Crippen LogP contribution is -2.15. The maximum absolute atomic E-state index is 13.9. The van der Waals surface area contributed by atoms with Crippen LogP contribution in [0.3, 0.4) is 0 Å². The highest BCUT2D eigenvalue weighted by molar-refractivity contribution is 7.92. The zero-order valence-electron chi connectivity index (χ0n) is 18.3. The van der Waals surface area contributed by atoms with Gasteiger partial charge in [-0.2, -0.15) is 4.98 Å². The molecule has 0 saturated heterocycles. The molecule has 7 nitrogen and oxygen atoms in total. The summed E-state index contributed by atoms with van der Waals surface area (Å²) in [4.78, 5) is 8.07. The fourth-order valence-electron chi connectivity index (χ4n) is 3.12. The number of benzene rings is 3. The Balaban J connectivity index is 1.48. The Hall–Kier alpha value is -4.05. The Labute approximate surface area is 196 Å². The second kappa shape index (κ2) is 9.44. The Bertz CT molecular complexity index is 1430. The number of halogens is 2. The van der Waals surface area contributed by atoms with Gasteiger partial charge >= 0.3 is 0 Å². The van der Waals surface area contributed by atoms with Crippen LogP contribution in [0.15, 0.2) is 77.7 Å². The number of nitrogens with zero attached hydrogens (tertiary/aromatic N) is 2.